The summed E-state index contributed by atoms with van der Waals surface area (Å²) in [6.07, 6.45) is 0.496. The molecule has 0 unspecified atom stereocenters. The highest BCUT2D eigenvalue weighted by Crippen LogP contribution is 2.21. The maximum atomic E-state index is 13.7. The molecular formula is C22H23FN4O3S. The molecule has 0 fully saturated rings. The number of amides is 1. The van der Waals surface area contributed by atoms with E-state index in [1.54, 1.807) is 43.5 Å². The van der Waals surface area contributed by atoms with E-state index in [1.807, 2.05) is 11.5 Å². The molecule has 31 heavy (non-hydrogen) atoms. The molecule has 9 heteroatoms. The number of ether oxygens (including phenoxy) is 1. The average molecular weight is 443 g/mol. The Morgan fingerprint density at radius 2 is 1.87 bits per heavy atom. The molecule has 162 valence electrons. The van der Waals surface area contributed by atoms with Gasteiger partial charge in [-0.15, -0.1) is 10.2 Å². The Labute approximate surface area is 184 Å². The predicted octanol–water partition coefficient (Wildman–Crippen LogP) is 3.99. The van der Waals surface area contributed by atoms with Crippen molar-refractivity contribution in [1.82, 2.24) is 14.8 Å². The van der Waals surface area contributed by atoms with Crippen LogP contribution in [0.3, 0.4) is 0 Å². The third-order valence-electron chi connectivity index (χ3n) is 4.58. The number of hydrogen-bond acceptors (Lipinski definition) is 6. The first-order valence-electron chi connectivity index (χ1n) is 9.78. The number of halogens is 1. The van der Waals surface area contributed by atoms with Crippen molar-refractivity contribution < 1.29 is 18.7 Å². The minimum absolute atomic E-state index is 0.0240. The molecule has 0 saturated carbocycles. The Morgan fingerprint density at radius 1 is 1.13 bits per heavy atom. The molecule has 0 aliphatic carbocycles. The number of nitrogens with one attached hydrogen (secondary N) is 1. The number of anilines is 1. The van der Waals surface area contributed by atoms with Gasteiger partial charge in [0, 0.05) is 24.9 Å². The fourth-order valence-corrected chi connectivity index (χ4v) is 3.84. The topological polar surface area (TPSA) is 86.1 Å². The molecule has 0 aliphatic heterocycles. The molecular weight excluding hydrogens is 419 g/mol. The van der Waals surface area contributed by atoms with Crippen LogP contribution in [0.25, 0.3) is 0 Å². The summed E-state index contributed by atoms with van der Waals surface area (Å²) in [6.45, 7) is 2.55. The number of Topliss-reactive ketones (excluding diaryl/α,β-unsaturated/α-hetero) is 1. The van der Waals surface area contributed by atoms with Gasteiger partial charge in [-0.2, -0.15) is 0 Å². The first kappa shape index (κ1) is 22.5. The zero-order valence-electron chi connectivity index (χ0n) is 17.3. The van der Waals surface area contributed by atoms with Crippen molar-refractivity contribution in [2.75, 3.05) is 18.2 Å². The fourth-order valence-electron chi connectivity index (χ4n) is 2.92. The van der Waals surface area contributed by atoms with Gasteiger partial charge in [0.1, 0.15) is 17.4 Å². The van der Waals surface area contributed by atoms with Gasteiger partial charge in [0.25, 0.3) is 0 Å². The molecule has 0 atom stereocenters. The molecule has 0 radical (unpaired) electrons. The first-order valence-corrected chi connectivity index (χ1v) is 10.8. The Morgan fingerprint density at radius 3 is 2.55 bits per heavy atom. The van der Waals surface area contributed by atoms with E-state index in [-0.39, 0.29) is 29.6 Å². The SMILES string of the molecule is CCn1c(CCC(=O)Nc2ccccc2F)nnc1SCC(=O)c1ccc(OC)cc1. The molecule has 1 N–H and O–H groups in total. The number of methoxy groups -OCH3 is 1. The summed E-state index contributed by atoms with van der Waals surface area (Å²) in [5.74, 6) is 0.749. The van der Waals surface area contributed by atoms with E-state index < -0.39 is 5.82 Å². The Hall–Kier alpha value is -3.20. The van der Waals surface area contributed by atoms with E-state index in [0.29, 0.717) is 35.3 Å². The number of ketones is 1. The lowest BCUT2D eigenvalue weighted by atomic mass is 10.1. The second kappa shape index (κ2) is 10.7. The third-order valence-corrected chi connectivity index (χ3v) is 5.54. The molecule has 1 heterocycles. The smallest absolute Gasteiger partial charge is 0.224 e. The molecule has 1 amide bonds. The van der Waals surface area contributed by atoms with Crippen molar-refractivity contribution in [3.8, 4) is 5.75 Å². The maximum absolute atomic E-state index is 13.7. The highest BCUT2D eigenvalue weighted by atomic mass is 32.2. The van der Waals surface area contributed by atoms with Gasteiger partial charge in [-0.1, -0.05) is 23.9 Å². The van der Waals surface area contributed by atoms with Gasteiger partial charge in [-0.05, 0) is 43.3 Å². The molecule has 1 aromatic heterocycles. The Balaban J connectivity index is 1.56. The second-order valence-corrected chi connectivity index (χ2v) is 7.55. The summed E-state index contributed by atoms with van der Waals surface area (Å²) in [5, 5.41) is 11.5. The minimum Gasteiger partial charge on any atom is -0.497 e. The molecule has 0 aliphatic rings. The zero-order chi connectivity index (χ0) is 22.2. The summed E-state index contributed by atoms with van der Waals surface area (Å²) in [4.78, 5) is 24.6. The molecule has 0 bridgehead atoms. The Bertz CT molecular complexity index is 1050. The van der Waals surface area contributed by atoms with E-state index in [1.165, 1.54) is 23.9 Å². The number of para-hydroxylation sites is 1. The summed E-state index contributed by atoms with van der Waals surface area (Å²) < 4.78 is 20.7. The standard InChI is InChI=1S/C22H23FN4O3S/c1-3-27-20(12-13-21(29)24-18-7-5-4-6-17(18)23)25-26-22(27)31-14-19(28)15-8-10-16(30-2)11-9-15/h4-11H,3,12-14H2,1-2H3,(H,24,29). The number of aromatic nitrogens is 3. The van der Waals surface area contributed by atoms with E-state index in [0.717, 1.165) is 0 Å². The second-order valence-electron chi connectivity index (χ2n) is 6.61. The predicted molar refractivity (Wildman–Crippen MR) is 117 cm³/mol. The van der Waals surface area contributed by atoms with E-state index >= 15 is 0 Å². The average Bonchev–Trinajstić information content (AvgIpc) is 3.19. The molecule has 0 spiro atoms. The van der Waals surface area contributed by atoms with Crippen molar-refractivity contribution in [3.63, 3.8) is 0 Å². The number of benzene rings is 2. The number of carbonyl (C=O) groups is 2. The van der Waals surface area contributed by atoms with Crippen LogP contribution in [-0.4, -0.2) is 39.3 Å². The highest BCUT2D eigenvalue weighted by Gasteiger charge is 2.15. The number of hydrogen-bond donors (Lipinski definition) is 1. The number of nitrogens with zero attached hydrogens (tertiary/aromatic N) is 3. The van der Waals surface area contributed by atoms with Crippen molar-refractivity contribution >= 4 is 29.1 Å². The number of aryl methyl sites for hydroxylation is 1. The van der Waals surface area contributed by atoms with Crippen LogP contribution in [0.5, 0.6) is 5.75 Å². The van der Waals surface area contributed by atoms with Gasteiger partial charge in [0.2, 0.25) is 5.91 Å². The van der Waals surface area contributed by atoms with Crippen LogP contribution in [0.1, 0.15) is 29.5 Å². The van der Waals surface area contributed by atoms with Crippen molar-refractivity contribution in [2.24, 2.45) is 0 Å². The van der Waals surface area contributed by atoms with Gasteiger partial charge in [0.15, 0.2) is 10.9 Å². The normalized spacial score (nSPS) is 10.7. The quantitative estimate of drug-likeness (QED) is 0.377. The monoisotopic (exact) mass is 442 g/mol. The van der Waals surface area contributed by atoms with Crippen molar-refractivity contribution in [1.29, 1.82) is 0 Å². The van der Waals surface area contributed by atoms with Gasteiger partial charge >= 0.3 is 0 Å². The third kappa shape index (κ3) is 5.91. The fraction of sp³-hybridized carbons (Fsp3) is 0.273. The van der Waals surface area contributed by atoms with E-state index in [9.17, 15) is 14.0 Å². The van der Waals surface area contributed by atoms with Gasteiger partial charge in [-0.3, -0.25) is 9.59 Å². The van der Waals surface area contributed by atoms with E-state index in [4.69, 9.17) is 4.74 Å². The lowest BCUT2D eigenvalue weighted by Crippen LogP contribution is -2.15. The largest absolute Gasteiger partial charge is 0.497 e. The molecule has 3 aromatic rings. The molecule has 7 nitrogen and oxygen atoms in total. The first-order chi connectivity index (χ1) is 15.0. The maximum Gasteiger partial charge on any atom is 0.224 e. The van der Waals surface area contributed by atoms with Gasteiger partial charge in [0.05, 0.1) is 18.6 Å². The summed E-state index contributed by atoms with van der Waals surface area (Å²) in [7, 11) is 1.57. The summed E-state index contributed by atoms with van der Waals surface area (Å²) >= 11 is 1.30. The van der Waals surface area contributed by atoms with Crippen LogP contribution in [0.15, 0.2) is 53.7 Å². The minimum atomic E-state index is -0.479. The summed E-state index contributed by atoms with van der Waals surface area (Å²) in [6, 6.07) is 13.0. The van der Waals surface area contributed by atoms with Gasteiger partial charge in [-0.25, -0.2) is 4.39 Å². The summed E-state index contributed by atoms with van der Waals surface area (Å²) in [5.41, 5.74) is 0.749. The number of carbonyl (C=O) groups excluding carboxylic acids is 2. The molecule has 3 rings (SSSR count). The van der Waals surface area contributed by atoms with Crippen LogP contribution in [-0.2, 0) is 17.8 Å². The van der Waals surface area contributed by atoms with Crippen molar-refractivity contribution in [3.05, 3.63) is 65.7 Å². The lowest BCUT2D eigenvalue weighted by Gasteiger charge is -2.08. The lowest BCUT2D eigenvalue weighted by molar-refractivity contribution is -0.116. The van der Waals surface area contributed by atoms with Crippen molar-refractivity contribution in [2.45, 2.75) is 31.5 Å². The van der Waals surface area contributed by atoms with Crippen LogP contribution >= 0.6 is 11.8 Å². The van der Waals surface area contributed by atoms with Crippen LogP contribution in [0, 0.1) is 5.82 Å². The van der Waals surface area contributed by atoms with Crippen LogP contribution in [0.2, 0.25) is 0 Å². The Kier molecular flexibility index (Phi) is 7.77. The number of thioether (sulfide) groups is 1. The van der Waals surface area contributed by atoms with Crippen LogP contribution < -0.4 is 10.1 Å². The molecule has 0 saturated heterocycles. The van der Waals surface area contributed by atoms with Crippen LogP contribution in [0.4, 0.5) is 10.1 Å². The molecule has 2 aromatic carbocycles. The van der Waals surface area contributed by atoms with Gasteiger partial charge < -0.3 is 14.6 Å². The van der Waals surface area contributed by atoms with E-state index in [2.05, 4.69) is 15.5 Å². The zero-order valence-corrected chi connectivity index (χ0v) is 18.1. The number of rotatable bonds is 10. The highest BCUT2D eigenvalue weighted by molar-refractivity contribution is 7.99.